The van der Waals surface area contributed by atoms with Crippen LogP contribution in [0.1, 0.15) is 32.1 Å². The van der Waals surface area contributed by atoms with E-state index in [-0.39, 0.29) is 11.4 Å². The minimum atomic E-state index is -0.0931. The van der Waals surface area contributed by atoms with Crippen LogP contribution in [0.15, 0.2) is 11.8 Å². The molecule has 0 N–H and O–H groups in total. The highest BCUT2D eigenvalue weighted by atomic mass is 16.5. The van der Waals surface area contributed by atoms with Gasteiger partial charge in [-0.05, 0) is 12.8 Å². The molecule has 0 fully saturated rings. The molecule has 1 aliphatic heterocycles. The van der Waals surface area contributed by atoms with Crippen molar-refractivity contribution < 1.29 is 9.53 Å². The van der Waals surface area contributed by atoms with Crippen molar-refractivity contribution >= 4 is 5.78 Å². The smallest absolute Gasteiger partial charge is 0.176 e. The van der Waals surface area contributed by atoms with Crippen LogP contribution in [-0.4, -0.2) is 12.4 Å². The van der Waals surface area contributed by atoms with Crippen LogP contribution in [0.4, 0.5) is 0 Å². The second-order valence-corrected chi connectivity index (χ2v) is 3.10. The largest absolute Gasteiger partial charge is 0.500 e. The predicted octanol–water partition coefficient (Wildman–Crippen LogP) is 1.94. The maximum absolute atomic E-state index is 11.3. The van der Waals surface area contributed by atoms with Gasteiger partial charge in [-0.3, -0.25) is 4.79 Å². The van der Waals surface area contributed by atoms with Gasteiger partial charge < -0.3 is 4.74 Å². The summed E-state index contributed by atoms with van der Waals surface area (Å²) in [7, 11) is 0. The molecule has 3 heteroatoms. The molecule has 3 nitrogen and oxygen atoms in total. The van der Waals surface area contributed by atoms with Gasteiger partial charge in [-0.15, -0.1) is 0 Å². The van der Waals surface area contributed by atoms with Crippen molar-refractivity contribution in [2.75, 3.05) is 6.61 Å². The second kappa shape index (κ2) is 5.36. The Labute approximate surface area is 78.0 Å². The molecule has 0 unspecified atom stereocenters. The average Bonchev–Trinajstić information content (AvgIpc) is 2.16. The third-order valence-corrected chi connectivity index (χ3v) is 2.04. The van der Waals surface area contributed by atoms with Crippen molar-refractivity contribution in [1.29, 1.82) is 5.26 Å². The van der Waals surface area contributed by atoms with Crippen LogP contribution in [0.3, 0.4) is 0 Å². The number of allylic oxidation sites excluding steroid dienone is 1. The zero-order valence-corrected chi connectivity index (χ0v) is 7.58. The van der Waals surface area contributed by atoms with E-state index in [2.05, 4.69) is 0 Å². The Morgan fingerprint density at radius 3 is 2.85 bits per heavy atom. The number of nitrogens with zero attached hydrogens (tertiary/aromatic N) is 1. The first kappa shape index (κ1) is 9.79. The van der Waals surface area contributed by atoms with Gasteiger partial charge in [0.05, 0.1) is 6.61 Å². The van der Waals surface area contributed by atoms with E-state index in [1.54, 1.807) is 0 Å². The van der Waals surface area contributed by atoms with Crippen molar-refractivity contribution in [3.63, 3.8) is 0 Å². The number of nitriles is 1. The fraction of sp³-hybridized carbons (Fsp3) is 0.600. The summed E-state index contributed by atoms with van der Waals surface area (Å²) in [5.74, 6) is -0.0931. The van der Waals surface area contributed by atoms with Crippen molar-refractivity contribution in [1.82, 2.24) is 0 Å². The molecule has 13 heavy (non-hydrogen) atoms. The van der Waals surface area contributed by atoms with Crippen LogP contribution in [0, 0.1) is 11.3 Å². The quantitative estimate of drug-likeness (QED) is 0.571. The fourth-order valence-electron chi connectivity index (χ4n) is 1.26. The normalized spacial score (nSPS) is 23.6. The lowest BCUT2D eigenvalue weighted by atomic mass is 10.1. The topological polar surface area (TPSA) is 50.1 Å². The van der Waals surface area contributed by atoms with Gasteiger partial charge >= 0.3 is 0 Å². The van der Waals surface area contributed by atoms with Gasteiger partial charge in [-0.2, -0.15) is 5.26 Å². The molecular weight excluding hydrogens is 166 g/mol. The van der Waals surface area contributed by atoms with E-state index in [4.69, 9.17) is 10.00 Å². The Kier molecular flexibility index (Phi) is 4.04. The van der Waals surface area contributed by atoms with Crippen molar-refractivity contribution in [3.8, 4) is 6.07 Å². The van der Waals surface area contributed by atoms with Crippen molar-refractivity contribution in [2.45, 2.75) is 32.1 Å². The lowest BCUT2D eigenvalue weighted by molar-refractivity contribution is -0.115. The van der Waals surface area contributed by atoms with Crippen LogP contribution in [0.25, 0.3) is 0 Å². The maximum atomic E-state index is 11.3. The van der Waals surface area contributed by atoms with E-state index >= 15 is 0 Å². The molecule has 1 rings (SSSR count). The summed E-state index contributed by atoms with van der Waals surface area (Å²) >= 11 is 0. The number of carbonyl (C=O) groups is 1. The van der Waals surface area contributed by atoms with Crippen LogP contribution in [0.2, 0.25) is 0 Å². The minimum Gasteiger partial charge on any atom is -0.500 e. The number of ether oxygens (including phenoxy) is 1. The standard InChI is InChI=1S/C10H13NO2/c11-7-9-8-13-6-4-2-1-3-5-10(9)12/h8H,1-6H2/b9-8-. The number of rotatable bonds is 0. The summed E-state index contributed by atoms with van der Waals surface area (Å²) < 4.78 is 5.08. The second-order valence-electron chi connectivity index (χ2n) is 3.10. The predicted molar refractivity (Wildman–Crippen MR) is 47.7 cm³/mol. The molecule has 1 aliphatic rings. The summed E-state index contributed by atoms with van der Waals surface area (Å²) in [6, 6.07) is 1.86. The van der Waals surface area contributed by atoms with Crippen LogP contribution >= 0.6 is 0 Å². The van der Waals surface area contributed by atoms with E-state index in [0.717, 1.165) is 25.7 Å². The Hall–Kier alpha value is -1.30. The van der Waals surface area contributed by atoms with Gasteiger partial charge in [0.25, 0.3) is 0 Å². The molecule has 0 aromatic carbocycles. The molecule has 0 saturated heterocycles. The third kappa shape index (κ3) is 3.29. The molecule has 0 bridgehead atoms. The molecule has 0 aliphatic carbocycles. The Morgan fingerprint density at radius 2 is 2.08 bits per heavy atom. The zero-order valence-electron chi connectivity index (χ0n) is 7.58. The van der Waals surface area contributed by atoms with Crippen LogP contribution < -0.4 is 0 Å². The monoisotopic (exact) mass is 179 g/mol. The zero-order chi connectivity index (χ0) is 9.52. The molecule has 1 heterocycles. The summed E-state index contributed by atoms with van der Waals surface area (Å²) in [6.45, 7) is 0.610. The summed E-state index contributed by atoms with van der Waals surface area (Å²) in [5, 5.41) is 8.62. The first-order valence-electron chi connectivity index (χ1n) is 4.59. The molecule has 0 spiro atoms. The van der Waals surface area contributed by atoms with Gasteiger partial charge in [0.15, 0.2) is 5.78 Å². The number of hydrogen-bond acceptors (Lipinski definition) is 3. The molecule has 0 radical (unpaired) electrons. The van der Waals surface area contributed by atoms with E-state index in [0.29, 0.717) is 13.0 Å². The Morgan fingerprint density at radius 1 is 1.31 bits per heavy atom. The Bertz CT molecular complexity index is 250. The maximum Gasteiger partial charge on any atom is 0.176 e. The minimum absolute atomic E-state index is 0.0931. The number of hydrogen-bond donors (Lipinski definition) is 0. The van der Waals surface area contributed by atoms with E-state index in [1.165, 1.54) is 6.26 Å². The first-order chi connectivity index (χ1) is 6.34. The Balaban J connectivity index is 2.60. The summed E-state index contributed by atoms with van der Waals surface area (Å²) in [6.07, 6.45) is 5.81. The lowest BCUT2D eigenvalue weighted by Gasteiger charge is -2.05. The van der Waals surface area contributed by atoms with Gasteiger partial charge in [0.1, 0.15) is 17.9 Å². The first-order valence-corrected chi connectivity index (χ1v) is 4.59. The number of Topliss-reactive ketones (excluding diaryl/α,β-unsaturated/α-hetero) is 1. The molecule has 0 amide bonds. The molecule has 70 valence electrons. The third-order valence-electron chi connectivity index (χ3n) is 2.04. The van der Waals surface area contributed by atoms with Crippen molar-refractivity contribution in [3.05, 3.63) is 11.8 Å². The van der Waals surface area contributed by atoms with Gasteiger partial charge in [0, 0.05) is 6.42 Å². The van der Waals surface area contributed by atoms with Gasteiger partial charge in [-0.1, -0.05) is 12.8 Å². The molecule has 0 atom stereocenters. The van der Waals surface area contributed by atoms with E-state index in [1.807, 2.05) is 6.07 Å². The lowest BCUT2D eigenvalue weighted by Crippen LogP contribution is -2.03. The van der Waals surface area contributed by atoms with Crippen LogP contribution in [-0.2, 0) is 9.53 Å². The fourth-order valence-corrected chi connectivity index (χ4v) is 1.26. The summed E-state index contributed by atoms with van der Waals surface area (Å²) in [5.41, 5.74) is 0.155. The van der Waals surface area contributed by atoms with Crippen LogP contribution in [0.5, 0.6) is 0 Å². The van der Waals surface area contributed by atoms with Gasteiger partial charge in [0.2, 0.25) is 0 Å². The molecular formula is C10H13NO2. The van der Waals surface area contributed by atoms with Gasteiger partial charge in [-0.25, -0.2) is 0 Å². The van der Waals surface area contributed by atoms with E-state index < -0.39 is 0 Å². The van der Waals surface area contributed by atoms with E-state index in [9.17, 15) is 4.79 Å². The highest BCUT2D eigenvalue weighted by Gasteiger charge is 2.09. The number of ketones is 1. The highest BCUT2D eigenvalue weighted by molar-refractivity contribution is 5.98. The summed E-state index contributed by atoms with van der Waals surface area (Å²) in [4.78, 5) is 11.3. The number of carbonyl (C=O) groups excluding carboxylic acids is 1. The average molecular weight is 179 g/mol. The molecule has 0 aromatic rings. The highest BCUT2D eigenvalue weighted by Crippen LogP contribution is 2.10. The van der Waals surface area contributed by atoms with Crippen molar-refractivity contribution in [2.24, 2.45) is 0 Å². The SMILES string of the molecule is N#C/C1=C/OCCCCCCC1=O. The molecule has 0 saturated carbocycles. The molecule has 0 aromatic heterocycles.